The fraction of sp³-hybridized carbons (Fsp3) is 0.448. The van der Waals surface area contributed by atoms with Crippen LogP contribution in [0.25, 0.3) is 0 Å². The van der Waals surface area contributed by atoms with Gasteiger partial charge in [0.15, 0.2) is 0 Å². The molecule has 1 aliphatic carbocycles. The Morgan fingerprint density at radius 1 is 1.00 bits per heavy atom. The highest BCUT2D eigenvalue weighted by molar-refractivity contribution is 7.88. The number of carbonyl (C=O) groups excluding carboxylic acids is 2. The second-order valence-corrected chi connectivity index (χ2v) is 11.7. The van der Waals surface area contributed by atoms with Crippen LogP contribution >= 0.6 is 0 Å². The number of benzene rings is 2. The lowest BCUT2D eigenvalue weighted by Gasteiger charge is -2.31. The number of allylic oxidation sites excluding steroid dienone is 1. The van der Waals surface area contributed by atoms with E-state index in [4.69, 9.17) is 4.74 Å². The van der Waals surface area contributed by atoms with Crippen LogP contribution in [0, 0.1) is 0 Å². The van der Waals surface area contributed by atoms with Crippen molar-refractivity contribution in [3.8, 4) is 5.75 Å². The maximum atomic E-state index is 13.6. The molecule has 2 aromatic rings. The molecule has 0 radical (unpaired) electrons. The molecule has 206 valence electrons. The quantitative estimate of drug-likeness (QED) is 0.388. The molecule has 0 saturated heterocycles. The third-order valence-corrected chi connectivity index (χ3v) is 7.99. The van der Waals surface area contributed by atoms with E-state index in [2.05, 4.69) is 11.4 Å². The lowest BCUT2D eigenvalue weighted by molar-refractivity contribution is -0.140. The summed E-state index contributed by atoms with van der Waals surface area (Å²) in [7, 11) is -2.11. The first-order chi connectivity index (χ1) is 18.2. The number of ether oxygens (including phenoxy) is 1. The van der Waals surface area contributed by atoms with Crippen LogP contribution < -0.4 is 10.1 Å². The van der Waals surface area contributed by atoms with Gasteiger partial charge in [0, 0.05) is 19.6 Å². The molecule has 2 aromatic carbocycles. The SMILES string of the molecule is COc1ccc(CN(C(=O)CN(Cc2ccccc2)S(C)(=O)=O)C(C)C(=O)NCCC2=CCCCC2)cc1. The molecule has 1 unspecified atom stereocenters. The lowest BCUT2D eigenvalue weighted by atomic mass is 9.97. The molecular formula is C29H39N3O5S. The van der Waals surface area contributed by atoms with Gasteiger partial charge >= 0.3 is 0 Å². The Balaban J connectivity index is 1.75. The predicted octanol–water partition coefficient (Wildman–Crippen LogP) is 3.88. The van der Waals surface area contributed by atoms with Crippen molar-refractivity contribution in [3.05, 3.63) is 77.4 Å². The third-order valence-electron chi connectivity index (χ3n) is 6.79. The zero-order chi connectivity index (χ0) is 27.5. The highest BCUT2D eigenvalue weighted by Crippen LogP contribution is 2.20. The minimum Gasteiger partial charge on any atom is -0.497 e. The van der Waals surface area contributed by atoms with Gasteiger partial charge in [0.25, 0.3) is 0 Å². The van der Waals surface area contributed by atoms with E-state index >= 15 is 0 Å². The van der Waals surface area contributed by atoms with Crippen molar-refractivity contribution in [3.63, 3.8) is 0 Å². The van der Waals surface area contributed by atoms with Crippen molar-refractivity contribution in [2.45, 2.75) is 58.2 Å². The number of nitrogens with zero attached hydrogens (tertiary/aromatic N) is 2. The Kier molecular flexibility index (Phi) is 10.9. The van der Waals surface area contributed by atoms with Crippen LogP contribution in [0.3, 0.4) is 0 Å². The van der Waals surface area contributed by atoms with Gasteiger partial charge in [-0.1, -0.05) is 54.1 Å². The zero-order valence-electron chi connectivity index (χ0n) is 22.6. The molecule has 8 nitrogen and oxygen atoms in total. The summed E-state index contributed by atoms with van der Waals surface area (Å²) in [5, 5.41) is 2.97. The second kappa shape index (κ2) is 14.1. The van der Waals surface area contributed by atoms with E-state index < -0.39 is 22.0 Å². The van der Waals surface area contributed by atoms with Crippen molar-refractivity contribution in [2.24, 2.45) is 0 Å². The molecule has 0 aliphatic heterocycles. The number of rotatable bonds is 13. The molecule has 1 aliphatic rings. The van der Waals surface area contributed by atoms with E-state index in [0.717, 1.165) is 41.0 Å². The largest absolute Gasteiger partial charge is 0.497 e. The number of carbonyl (C=O) groups is 2. The minimum atomic E-state index is -3.68. The first-order valence-corrected chi connectivity index (χ1v) is 14.9. The minimum absolute atomic E-state index is 0.0669. The molecule has 9 heteroatoms. The maximum Gasteiger partial charge on any atom is 0.242 e. The van der Waals surface area contributed by atoms with Crippen LogP contribution in [-0.2, 0) is 32.7 Å². The fourth-order valence-corrected chi connectivity index (χ4v) is 5.18. The fourth-order valence-electron chi connectivity index (χ4n) is 4.46. The molecule has 0 saturated carbocycles. The van der Waals surface area contributed by atoms with Crippen molar-refractivity contribution in [2.75, 3.05) is 26.5 Å². The first-order valence-electron chi connectivity index (χ1n) is 13.0. The molecule has 0 heterocycles. The van der Waals surface area contributed by atoms with Crippen LogP contribution in [0.1, 0.15) is 50.2 Å². The summed E-state index contributed by atoms with van der Waals surface area (Å²) >= 11 is 0. The molecule has 0 spiro atoms. The molecule has 38 heavy (non-hydrogen) atoms. The van der Waals surface area contributed by atoms with Crippen LogP contribution in [0.5, 0.6) is 5.75 Å². The van der Waals surface area contributed by atoms with E-state index in [1.54, 1.807) is 26.2 Å². The number of methoxy groups -OCH3 is 1. The summed E-state index contributed by atoms with van der Waals surface area (Å²) < 4.78 is 31.5. The predicted molar refractivity (Wildman–Crippen MR) is 149 cm³/mol. The summed E-state index contributed by atoms with van der Waals surface area (Å²) in [6.07, 6.45) is 8.69. The first kappa shape index (κ1) is 29.4. The number of nitrogens with one attached hydrogen (secondary N) is 1. The van der Waals surface area contributed by atoms with Gasteiger partial charge < -0.3 is 15.0 Å². The summed E-state index contributed by atoms with van der Waals surface area (Å²) in [4.78, 5) is 28.2. The standard InChI is InChI=1S/C29H39N3O5S/c1-23(29(34)30-19-18-24-10-6-4-7-11-24)32(21-26-14-16-27(37-2)17-15-26)28(33)22-31(38(3,35)36)20-25-12-8-5-9-13-25/h5,8-10,12-17,23H,4,6-7,11,18-22H2,1-3H3,(H,30,34). The molecule has 0 bridgehead atoms. The Morgan fingerprint density at radius 2 is 1.68 bits per heavy atom. The van der Waals surface area contributed by atoms with E-state index in [9.17, 15) is 18.0 Å². The average Bonchev–Trinajstić information content (AvgIpc) is 2.92. The summed E-state index contributed by atoms with van der Waals surface area (Å²) in [6, 6.07) is 15.6. The monoisotopic (exact) mass is 541 g/mol. The van der Waals surface area contributed by atoms with Gasteiger partial charge in [0.05, 0.1) is 19.9 Å². The molecule has 0 aromatic heterocycles. The Hall–Kier alpha value is -3.17. The van der Waals surface area contributed by atoms with Crippen molar-refractivity contribution in [1.29, 1.82) is 0 Å². The van der Waals surface area contributed by atoms with E-state index in [1.165, 1.54) is 23.3 Å². The average molecular weight is 542 g/mol. The third kappa shape index (κ3) is 8.99. The molecular weight excluding hydrogens is 502 g/mol. The van der Waals surface area contributed by atoms with Crippen LogP contribution in [0.4, 0.5) is 0 Å². The van der Waals surface area contributed by atoms with Crippen molar-refractivity contribution in [1.82, 2.24) is 14.5 Å². The van der Waals surface area contributed by atoms with Gasteiger partial charge in [-0.25, -0.2) is 8.42 Å². The van der Waals surface area contributed by atoms with Crippen LogP contribution in [-0.4, -0.2) is 61.9 Å². The molecule has 1 N–H and O–H groups in total. The van der Waals surface area contributed by atoms with Gasteiger partial charge in [0.1, 0.15) is 11.8 Å². The number of hydrogen-bond acceptors (Lipinski definition) is 5. The number of amides is 2. The molecule has 1 atom stereocenters. The zero-order valence-corrected chi connectivity index (χ0v) is 23.4. The molecule has 3 rings (SSSR count). The van der Waals surface area contributed by atoms with Crippen molar-refractivity contribution < 1.29 is 22.7 Å². The number of hydrogen-bond donors (Lipinski definition) is 1. The Bertz CT molecular complexity index is 1200. The van der Waals surface area contributed by atoms with Gasteiger partial charge in [-0.15, -0.1) is 0 Å². The molecule has 0 fully saturated rings. The summed E-state index contributed by atoms with van der Waals surface area (Å²) in [6.45, 7) is 2.04. The maximum absolute atomic E-state index is 13.6. The van der Waals surface area contributed by atoms with Gasteiger partial charge in [-0.3, -0.25) is 9.59 Å². The second-order valence-electron chi connectivity index (χ2n) is 9.71. The van der Waals surface area contributed by atoms with Crippen LogP contribution in [0.15, 0.2) is 66.2 Å². The summed E-state index contributed by atoms with van der Waals surface area (Å²) in [5.74, 6) is -0.0300. The van der Waals surface area contributed by atoms with Gasteiger partial charge in [-0.2, -0.15) is 4.31 Å². The normalized spacial score (nSPS) is 14.5. The van der Waals surface area contributed by atoms with Gasteiger partial charge in [0.2, 0.25) is 21.8 Å². The van der Waals surface area contributed by atoms with E-state index in [0.29, 0.717) is 12.3 Å². The smallest absolute Gasteiger partial charge is 0.242 e. The highest BCUT2D eigenvalue weighted by atomic mass is 32.2. The van der Waals surface area contributed by atoms with Gasteiger partial charge in [-0.05, 0) is 62.3 Å². The highest BCUT2D eigenvalue weighted by Gasteiger charge is 2.30. The Labute approximate surface area is 226 Å². The summed E-state index contributed by atoms with van der Waals surface area (Å²) in [5.41, 5.74) is 2.94. The van der Waals surface area contributed by atoms with E-state index in [1.807, 2.05) is 42.5 Å². The topological polar surface area (TPSA) is 96.0 Å². The molecule has 2 amide bonds. The van der Waals surface area contributed by atoms with Crippen LogP contribution in [0.2, 0.25) is 0 Å². The number of sulfonamides is 1. The van der Waals surface area contributed by atoms with E-state index in [-0.39, 0.29) is 25.5 Å². The lowest BCUT2D eigenvalue weighted by Crippen LogP contribution is -2.51. The Morgan fingerprint density at radius 3 is 2.29 bits per heavy atom. The van der Waals surface area contributed by atoms with Crippen molar-refractivity contribution >= 4 is 21.8 Å².